The molecular formula is C28H26BrFN4O4. The molecule has 0 saturated heterocycles. The van der Waals surface area contributed by atoms with Crippen LogP contribution in [-0.4, -0.2) is 35.5 Å². The molecule has 8 nitrogen and oxygen atoms in total. The minimum absolute atomic E-state index is 0.273. The molecule has 1 heterocycles. The number of nitrogens with zero attached hydrogens (tertiary/aromatic N) is 3. The average molecular weight is 581 g/mol. The van der Waals surface area contributed by atoms with Gasteiger partial charge in [0.25, 0.3) is 11.5 Å². The summed E-state index contributed by atoms with van der Waals surface area (Å²) in [6.45, 7) is 5.51. The predicted molar refractivity (Wildman–Crippen MR) is 149 cm³/mol. The molecule has 0 unspecified atom stereocenters. The quantitative estimate of drug-likeness (QED) is 0.291. The first kappa shape index (κ1) is 27.0. The second-order valence-electron chi connectivity index (χ2n) is 9.43. The van der Waals surface area contributed by atoms with E-state index in [1.165, 1.54) is 42.3 Å². The van der Waals surface area contributed by atoms with E-state index in [9.17, 15) is 14.0 Å². The van der Waals surface area contributed by atoms with Gasteiger partial charge >= 0.3 is 0 Å². The molecule has 0 radical (unpaired) electrons. The van der Waals surface area contributed by atoms with Gasteiger partial charge in [-0.15, -0.1) is 0 Å². The number of aromatic nitrogens is 2. The molecule has 10 heteroatoms. The van der Waals surface area contributed by atoms with E-state index in [0.29, 0.717) is 33.7 Å². The molecule has 3 aromatic carbocycles. The number of carbonyl (C=O) groups excluding carboxylic acids is 1. The fourth-order valence-corrected chi connectivity index (χ4v) is 4.04. The summed E-state index contributed by atoms with van der Waals surface area (Å²) in [5.41, 5.74) is 0.698. The summed E-state index contributed by atoms with van der Waals surface area (Å²) < 4.78 is 26.4. The van der Waals surface area contributed by atoms with Crippen molar-refractivity contribution in [1.82, 2.24) is 9.66 Å². The fraction of sp³-hybridized carbons (Fsp3) is 0.214. The Morgan fingerprint density at radius 1 is 1.16 bits per heavy atom. The Hall–Kier alpha value is -4.05. The van der Waals surface area contributed by atoms with E-state index in [2.05, 4.69) is 26.3 Å². The summed E-state index contributed by atoms with van der Waals surface area (Å²) in [6, 6.07) is 15.9. The third kappa shape index (κ3) is 6.08. The summed E-state index contributed by atoms with van der Waals surface area (Å²) in [7, 11) is 1.48. The maximum absolute atomic E-state index is 13.4. The normalized spacial score (nSPS) is 11.6. The zero-order chi connectivity index (χ0) is 27.4. The molecular weight excluding hydrogens is 555 g/mol. The smallest absolute Gasteiger partial charge is 0.282 e. The van der Waals surface area contributed by atoms with Crippen LogP contribution in [0.5, 0.6) is 11.5 Å². The molecule has 0 atom stereocenters. The van der Waals surface area contributed by atoms with Crippen LogP contribution in [0.3, 0.4) is 0 Å². The van der Waals surface area contributed by atoms with Crippen LogP contribution in [0.2, 0.25) is 0 Å². The molecule has 0 aliphatic rings. The number of nitrogens with one attached hydrogen (secondary N) is 1. The Balaban J connectivity index is 1.68. The molecule has 4 aromatic rings. The van der Waals surface area contributed by atoms with Gasteiger partial charge in [0.1, 0.15) is 11.6 Å². The van der Waals surface area contributed by atoms with E-state index >= 15 is 0 Å². The van der Waals surface area contributed by atoms with Gasteiger partial charge < -0.3 is 14.8 Å². The summed E-state index contributed by atoms with van der Waals surface area (Å²) >= 11 is 3.41. The number of methoxy groups -OCH3 is 1. The van der Waals surface area contributed by atoms with Gasteiger partial charge in [0.05, 0.1) is 24.2 Å². The standard InChI is InChI=1S/C28H26BrFN4O4/c1-28(2,3)27-33-22-13-8-18(29)14-21(22)26(36)34(27)31-15-17-6-5-7-23(37-4)25(17)38-16-24(35)32-20-11-9-19(30)10-12-20/h5-15H,16H2,1-4H3,(H,32,35). The second-order valence-corrected chi connectivity index (χ2v) is 10.3. The molecule has 0 aliphatic carbocycles. The number of anilines is 1. The van der Waals surface area contributed by atoms with Crippen molar-refractivity contribution in [2.75, 3.05) is 19.0 Å². The monoisotopic (exact) mass is 580 g/mol. The van der Waals surface area contributed by atoms with Gasteiger partial charge in [-0.25, -0.2) is 9.37 Å². The van der Waals surface area contributed by atoms with Crippen LogP contribution in [0.1, 0.15) is 32.2 Å². The van der Waals surface area contributed by atoms with Crippen LogP contribution >= 0.6 is 15.9 Å². The van der Waals surface area contributed by atoms with E-state index < -0.39 is 17.1 Å². The second kappa shape index (κ2) is 11.1. The minimum atomic E-state index is -0.482. The van der Waals surface area contributed by atoms with Crippen LogP contribution in [0.15, 0.2) is 75.0 Å². The van der Waals surface area contributed by atoms with Gasteiger partial charge in [-0.1, -0.05) is 42.8 Å². The highest BCUT2D eigenvalue weighted by Crippen LogP contribution is 2.30. The van der Waals surface area contributed by atoms with Gasteiger partial charge in [0.2, 0.25) is 0 Å². The van der Waals surface area contributed by atoms with Crippen LogP contribution in [-0.2, 0) is 10.2 Å². The van der Waals surface area contributed by atoms with Crippen molar-refractivity contribution >= 4 is 44.6 Å². The van der Waals surface area contributed by atoms with Gasteiger partial charge in [-0.2, -0.15) is 9.78 Å². The Morgan fingerprint density at radius 3 is 2.58 bits per heavy atom. The molecule has 1 aromatic heterocycles. The van der Waals surface area contributed by atoms with Gasteiger partial charge in [-0.3, -0.25) is 9.59 Å². The third-order valence-electron chi connectivity index (χ3n) is 5.50. The molecule has 1 amide bonds. The highest BCUT2D eigenvalue weighted by Gasteiger charge is 2.23. The number of hydrogen-bond donors (Lipinski definition) is 1. The number of amides is 1. The Kier molecular flexibility index (Phi) is 7.91. The molecule has 0 bridgehead atoms. The van der Waals surface area contributed by atoms with E-state index in [-0.39, 0.29) is 17.9 Å². The maximum Gasteiger partial charge on any atom is 0.282 e. The number of carbonyl (C=O) groups is 1. The lowest BCUT2D eigenvalue weighted by atomic mass is 9.95. The number of rotatable bonds is 7. The topological polar surface area (TPSA) is 94.8 Å². The van der Waals surface area contributed by atoms with Crippen molar-refractivity contribution in [3.63, 3.8) is 0 Å². The molecule has 196 valence electrons. The SMILES string of the molecule is COc1cccc(C=Nn2c(C(C)(C)C)nc3ccc(Br)cc3c2=O)c1OCC(=O)Nc1ccc(F)cc1. The molecule has 0 saturated carbocycles. The summed E-state index contributed by atoms with van der Waals surface area (Å²) in [5.74, 6) is 0.293. The lowest BCUT2D eigenvalue weighted by molar-refractivity contribution is -0.118. The van der Waals surface area contributed by atoms with Crippen molar-refractivity contribution in [3.8, 4) is 11.5 Å². The van der Waals surface area contributed by atoms with E-state index in [1.54, 1.807) is 30.3 Å². The lowest BCUT2D eigenvalue weighted by Gasteiger charge is -2.21. The fourth-order valence-electron chi connectivity index (χ4n) is 3.68. The van der Waals surface area contributed by atoms with Crippen LogP contribution in [0, 0.1) is 5.82 Å². The van der Waals surface area contributed by atoms with Gasteiger partial charge in [-0.05, 0) is 54.6 Å². The molecule has 1 N–H and O–H groups in total. The van der Waals surface area contributed by atoms with Crippen LogP contribution < -0.4 is 20.3 Å². The first-order valence-electron chi connectivity index (χ1n) is 11.7. The molecule has 0 spiro atoms. The first-order valence-corrected chi connectivity index (χ1v) is 12.5. The van der Waals surface area contributed by atoms with Crippen LogP contribution in [0.4, 0.5) is 10.1 Å². The largest absolute Gasteiger partial charge is 0.493 e. The summed E-state index contributed by atoms with van der Waals surface area (Å²) in [6.07, 6.45) is 1.47. The van der Waals surface area contributed by atoms with Crippen molar-refractivity contribution in [2.24, 2.45) is 5.10 Å². The highest BCUT2D eigenvalue weighted by molar-refractivity contribution is 9.10. The van der Waals surface area contributed by atoms with Crippen LogP contribution in [0.25, 0.3) is 10.9 Å². The Labute approximate surface area is 227 Å². The molecule has 0 fully saturated rings. The van der Waals surface area contributed by atoms with Crippen molar-refractivity contribution in [1.29, 1.82) is 0 Å². The maximum atomic E-state index is 13.4. The lowest BCUT2D eigenvalue weighted by Crippen LogP contribution is -2.29. The highest BCUT2D eigenvalue weighted by atomic mass is 79.9. The summed E-state index contributed by atoms with van der Waals surface area (Å²) in [5, 5.41) is 7.56. The van der Waals surface area contributed by atoms with E-state index in [4.69, 9.17) is 14.5 Å². The number of halogens is 2. The molecule has 38 heavy (non-hydrogen) atoms. The average Bonchev–Trinajstić information content (AvgIpc) is 2.88. The third-order valence-corrected chi connectivity index (χ3v) is 5.99. The number of benzene rings is 3. The van der Waals surface area contributed by atoms with Crippen molar-refractivity contribution < 1.29 is 18.7 Å². The van der Waals surface area contributed by atoms with Gasteiger partial charge in [0, 0.05) is 21.1 Å². The molecule has 4 rings (SSSR count). The van der Waals surface area contributed by atoms with Crippen molar-refractivity contribution in [3.05, 3.63) is 92.7 Å². The summed E-state index contributed by atoms with van der Waals surface area (Å²) in [4.78, 5) is 30.6. The Bertz CT molecular complexity index is 1580. The number of para-hydroxylation sites is 1. The van der Waals surface area contributed by atoms with Gasteiger partial charge in [0.15, 0.2) is 18.1 Å². The number of fused-ring (bicyclic) bond motifs is 1. The van der Waals surface area contributed by atoms with Crippen molar-refractivity contribution in [2.45, 2.75) is 26.2 Å². The van der Waals surface area contributed by atoms with E-state index in [0.717, 1.165) is 4.47 Å². The number of hydrogen-bond acceptors (Lipinski definition) is 6. The Morgan fingerprint density at radius 2 is 1.89 bits per heavy atom. The number of ether oxygens (including phenoxy) is 2. The predicted octanol–water partition coefficient (Wildman–Crippen LogP) is 5.50. The zero-order valence-electron chi connectivity index (χ0n) is 21.3. The minimum Gasteiger partial charge on any atom is -0.493 e. The zero-order valence-corrected chi connectivity index (χ0v) is 22.9. The first-order chi connectivity index (χ1) is 18.1. The molecule has 0 aliphatic heterocycles. The van der Waals surface area contributed by atoms with E-state index in [1.807, 2.05) is 26.8 Å².